The van der Waals surface area contributed by atoms with Crippen LogP contribution in [0.15, 0.2) is 23.1 Å². The Balaban J connectivity index is 2.48. The fraction of sp³-hybridized carbons (Fsp3) is 0.385. The predicted octanol–water partition coefficient (Wildman–Crippen LogP) is 1.71. The number of anilines is 1. The Kier molecular flexibility index (Phi) is 3.73. The van der Waals surface area contributed by atoms with E-state index >= 15 is 0 Å². The molecule has 0 fully saturated rings. The maximum absolute atomic E-state index is 12.1. The summed E-state index contributed by atoms with van der Waals surface area (Å²) >= 11 is 1.49. The van der Waals surface area contributed by atoms with Crippen molar-refractivity contribution in [2.75, 3.05) is 18.1 Å². The van der Waals surface area contributed by atoms with Gasteiger partial charge in [0.25, 0.3) is 0 Å². The molecule has 1 aromatic rings. The predicted molar refractivity (Wildman–Crippen MR) is 71.2 cm³/mol. The first-order valence-corrected chi connectivity index (χ1v) is 6.66. The van der Waals surface area contributed by atoms with Crippen LogP contribution in [0.25, 0.3) is 0 Å². The van der Waals surface area contributed by atoms with Gasteiger partial charge in [-0.05, 0) is 26.0 Å². The summed E-state index contributed by atoms with van der Waals surface area (Å²) in [6, 6.07) is 5.36. The van der Waals surface area contributed by atoms with E-state index in [1.165, 1.54) is 18.7 Å². The van der Waals surface area contributed by atoms with Crippen LogP contribution in [-0.2, 0) is 4.79 Å². The van der Waals surface area contributed by atoms with Crippen molar-refractivity contribution in [2.45, 2.75) is 24.0 Å². The van der Waals surface area contributed by atoms with Gasteiger partial charge >= 0.3 is 0 Å². The van der Waals surface area contributed by atoms with Gasteiger partial charge in [-0.15, -0.1) is 11.8 Å². The lowest BCUT2D eigenvalue weighted by atomic mass is 10.1. The number of benzene rings is 1. The Hall–Kier alpha value is -1.33. The van der Waals surface area contributed by atoms with E-state index in [-0.39, 0.29) is 30.1 Å². The number of Topliss-reactive ketones (excluding diaryl/α,β-unsaturated/α-hetero) is 1. The molecule has 1 heterocycles. The number of fused-ring (bicyclic) bond motifs is 1. The second-order valence-electron chi connectivity index (χ2n) is 4.21. The van der Waals surface area contributed by atoms with Crippen molar-refractivity contribution >= 4 is 29.1 Å². The highest BCUT2D eigenvalue weighted by molar-refractivity contribution is 8.00. The van der Waals surface area contributed by atoms with Gasteiger partial charge in [-0.2, -0.15) is 0 Å². The van der Waals surface area contributed by atoms with Crippen LogP contribution in [0, 0.1) is 0 Å². The Morgan fingerprint density at radius 1 is 1.50 bits per heavy atom. The SMILES string of the molecule is CC(=O)c1ccc2c(c1)N(CCO)C(=O)C(C)S2. The molecule has 1 aliphatic rings. The van der Waals surface area contributed by atoms with Crippen LogP contribution in [0.3, 0.4) is 0 Å². The van der Waals surface area contributed by atoms with Crippen LogP contribution < -0.4 is 4.90 Å². The third-order valence-electron chi connectivity index (χ3n) is 2.90. The molecule has 1 amide bonds. The molecule has 2 rings (SSSR count). The molecule has 18 heavy (non-hydrogen) atoms. The number of aliphatic hydroxyl groups is 1. The topological polar surface area (TPSA) is 57.6 Å². The lowest BCUT2D eigenvalue weighted by Gasteiger charge is -2.32. The van der Waals surface area contributed by atoms with Crippen molar-refractivity contribution < 1.29 is 14.7 Å². The third-order valence-corrected chi connectivity index (χ3v) is 4.05. The van der Waals surface area contributed by atoms with Crippen molar-refractivity contribution in [3.63, 3.8) is 0 Å². The highest BCUT2D eigenvalue weighted by Gasteiger charge is 2.30. The number of aliphatic hydroxyl groups excluding tert-OH is 1. The summed E-state index contributed by atoms with van der Waals surface area (Å²) in [6.45, 7) is 3.52. The average Bonchev–Trinajstić information content (AvgIpc) is 2.34. The van der Waals surface area contributed by atoms with E-state index in [4.69, 9.17) is 5.11 Å². The zero-order valence-corrected chi connectivity index (χ0v) is 11.2. The number of ketones is 1. The Bertz CT molecular complexity index is 501. The number of β-amino-alcohol motifs (C(OH)–C–C–N with tert-alkyl or cyclic N) is 1. The van der Waals surface area contributed by atoms with E-state index in [9.17, 15) is 9.59 Å². The van der Waals surface area contributed by atoms with Crippen LogP contribution in [0.2, 0.25) is 0 Å². The molecule has 0 aromatic heterocycles. The summed E-state index contributed by atoms with van der Waals surface area (Å²) < 4.78 is 0. The monoisotopic (exact) mass is 265 g/mol. The number of hydrogen-bond acceptors (Lipinski definition) is 4. The van der Waals surface area contributed by atoms with E-state index < -0.39 is 0 Å². The first-order valence-electron chi connectivity index (χ1n) is 5.78. The molecule has 0 saturated heterocycles. The van der Waals surface area contributed by atoms with Gasteiger partial charge in [-0.25, -0.2) is 0 Å². The van der Waals surface area contributed by atoms with Crippen molar-refractivity contribution in [3.8, 4) is 0 Å². The number of hydrogen-bond donors (Lipinski definition) is 1. The van der Waals surface area contributed by atoms with Crippen molar-refractivity contribution in [3.05, 3.63) is 23.8 Å². The molecule has 4 nitrogen and oxygen atoms in total. The minimum atomic E-state index is -0.160. The van der Waals surface area contributed by atoms with Crippen LogP contribution in [0.5, 0.6) is 0 Å². The van der Waals surface area contributed by atoms with Gasteiger partial charge in [0, 0.05) is 17.0 Å². The van der Waals surface area contributed by atoms with E-state index in [1.807, 2.05) is 13.0 Å². The van der Waals surface area contributed by atoms with Crippen LogP contribution in [0.1, 0.15) is 24.2 Å². The summed E-state index contributed by atoms with van der Waals surface area (Å²) in [5.74, 6) is -0.0555. The zero-order chi connectivity index (χ0) is 13.3. The molecule has 1 atom stereocenters. The van der Waals surface area contributed by atoms with Gasteiger partial charge in [0.15, 0.2) is 5.78 Å². The number of amides is 1. The van der Waals surface area contributed by atoms with Gasteiger partial charge in [-0.1, -0.05) is 6.07 Å². The summed E-state index contributed by atoms with van der Waals surface area (Å²) in [5, 5.41) is 8.90. The second-order valence-corrected chi connectivity index (χ2v) is 5.59. The standard InChI is InChI=1S/C13H15NO3S/c1-8(16)10-3-4-12-11(7-10)14(5-6-15)13(17)9(2)18-12/h3-4,7,9,15H,5-6H2,1-2H3. The molecule has 0 aliphatic carbocycles. The van der Waals surface area contributed by atoms with Gasteiger partial charge in [0.2, 0.25) is 5.91 Å². The molecule has 96 valence electrons. The van der Waals surface area contributed by atoms with Gasteiger partial charge in [0.05, 0.1) is 17.5 Å². The number of carbonyl (C=O) groups excluding carboxylic acids is 2. The molecule has 0 bridgehead atoms. The third kappa shape index (κ3) is 2.28. The smallest absolute Gasteiger partial charge is 0.240 e. The molecule has 0 spiro atoms. The minimum absolute atomic E-state index is 0.0257. The Morgan fingerprint density at radius 3 is 2.83 bits per heavy atom. The normalized spacial score (nSPS) is 18.7. The molecule has 1 aromatic carbocycles. The van der Waals surface area contributed by atoms with Crippen molar-refractivity contribution in [2.24, 2.45) is 0 Å². The van der Waals surface area contributed by atoms with Crippen LogP contribution >= 0.6 is 11.8 Å². The van der Waals surface area contributed by atoms with E-state index in [0.29, 0.717) is 5.56 Å². The van der Waals surface area contributed by atoms with E-state index in [0.717, 1.165) is 10.6 Å². The van der Waals surface area contributed by atoms with Gasteiger partial charge in [0.1, 0.15) is 0 Å². The lowest BCUT2D eigenvalue weighted by Crippen LogP contribution is -2.41. The fourth-order valence-electron chi connectivity index (χ4n) is 1.96. The highest BCUT2D eigenvalue weighted by atomic mass is 32.2. The summed E-state index contributed by atoms with van der Waals surface area (Å²) in [4.78, 5) is 26.0. The van der Waals surface area contributed by atoms with E-state index in [2.05, 4.69) is 0 Å². The van der Waals surface area contributed by atoms with Gasteiger partial charge in [-0.3, -0.25) is 9.59 Å². The number of nitrogens with zero attached hydrogens (tertiary/aromatic N) is 1. The van der Waals surface area contributed by atoms with Crippen LogP contribution in [-0.4, -0.2) is 35.2 Å². The highest BCUT2D eigenvalue weighted by Crippen LogP contribution is 2.39. The number of rotatable bonds is 3. The maximum Gasteiger partial charge on any atom is 0.240 e. The second kappa shape index (κ2) is 5.12. The molecule has 1 unspecified atom stereocenters. The minimum Gasteiger partial charge on any atom is -0.395 e. The first kappa shape index (κ1) is 13.1. The number of carbonyl (C=O) groups is 2. The fourth-order valence-corrected chi connectivity index (χ4v) is 3.00. The molecule has 0 saturated carbocycles. The Morgan fingerprint density at radius 2 is 2.22 bits per heavy atom. The van der Waals surface area contributed by atoms with Crippen LogP contribution in [0.4, 0.5) is 5.69 Å². The molecule has 0 radical (unpaired) electrons. The van der Waals surface area contributed by atoms with Gasteiger partial charge < -0.3 is 10.0 Å². The van der Waals surface area contributed by atoms with E-state index in [1.54, 1.807) is 17.0 Å². The zero-order valence-electron chi connectivity index (χ0n) is 10.3. The van der Waals surface area contributed by atoms with Crippen molar-refractivity contribution in [1.82, 2.24) is 0 Å². The summed E-state index contributed by atoms with van der Waals surface area (Å²) in [7, 11) is 0. The molecule has 1 N–H and O–H groups in total. The summed E-state index contributed by atoms with van der Waals surface area (Å²) in [6.07, 6.45) is 0. The lowest BCUT2D eigenvalue weighted by molar-refractivity contribution is -0.118. The summed E-state index contributed by atoms with van der Waals surface area (Å²) in [5.41, 5.74) is 1.31. The molecule has 5 heteroatoms. The average molecular weight is 265 g/mol. The quantitative estimate of drug-likeness (QED) is 0.845. The number of thioether (sulfide) groups is 1. The molecular formula is C13H15NO3S. The largest absolute Gasteiger partial charge is 0.395 e. The Labute approximate surface area is 110 Å². The van der Waals surface area contributed by atoms with Crippen molar-refractivity contribution in [1.29, 1.82) is 0 Å². The molecular weight excluding hydrogens is 250 g/mol. The maximum atomic E-state index is 12.1. The molecule has 1 aliphatic heterocycles. The first-order chi connectivity index (χ1) is 8.54.